The van der Waals surface area contributed by atoms with Crippen molar-refractivity contribution in [1.29, 1.82) is 0 Å². The average Bonchev–Trinajstić information content (AvgIpc) is 2.99. The third-order valence-corrected chi connectivity index (χ3v) is 5.04. The summed E-state index contributed by atoms with van der Waals surface area (Å²) in [5.74, 6) is -0.814. The minimum atomic E-state index is -0.682. The molecule has 1 aromatic carbocycles. The number of pyridine rings is 1. The molecule has 0 bridgehead atoms. The van der Waals surface area contributed by atoms with Crippen LogP contribution in [-0.4, -0.2) is 64.9 Å². The molecule has 31 heavy (non-hydrogen) atoms. The van der Waals surface area contributed by atoms with Crippen LogP contribution in [-0.2, 0) is 9.59 Å². The molecule has 1 atom stereocenters. The number of ketones is 1. The van der Waals surface area contributed by atoms with Crippen LogP contribution in [0.2, 0.25) is 0 Å². The van der Waals surface area contributed by atoms with Crippen molar-refractivity contribution < 1.29 is 19.4 Å². The van der Waals surface area contributed by atoms with Gasteiger partial charge in [0.05, 0.1) is 17.7 Å². The Morgan fingerprint density at radius 3 is 2.48 bits per heavy atom. The molecule has 1 aliphatic heterocycles. The highest BCUT2D eigenvalue weighted by atomic mass is 16.5. The molecule has 2 heterocycles. The van der Waals surface area contributed by atoms with Gasteiger partial charge in [-0.25, -0.2) is 0 Å². The highest BCUT2D eigenvalue weighted by Crippen LogP contribution is 2.39. The van der Waals surface area contributed by atoms with Crippen molar-refractivity contribution in [3.8, 4) is 5.75 Å². The lowest BCUT2D eigenvalue weighted by Crippen LogP contribution is -2.32. The lowest BCUT2D eigenvalue weighted by Gasteiger charge is -2.25. The Bertz CT molecular complexity index is 953. The number of aromatic nitrogens is 1. The van der Waals surface area contributed by atoms with Crippen LogP contribution < -0.4 is 4.74 Å². The standard InChI is InChI=1S/C24H29N3O4/c1-16(2)31-19-10-8-17(9-11-19)22(28)20-21(18-7-5-12-25-15-18)27(24(30)23(20)29)14-6-13-26(3)4/h5,7-12,15-16,21,28H,6,13-14H2,1-4H3/b22-20-. The molecule has 0 saturated carbocycles. The minimum absolute atomic E-state index is 0.0255. The summed E-state index contributed by atoms with van der Waals surface area (Å²) in [6.45, 7) is 5.04. The molecule has 3 rings (SSSR count). The van der Waals surface area contributed by atoms with Crippen molar-refractivity contribution in [2.45, 2.75) is 32.4 Å². The van der Waals surface area contributed by atoms with Gasteiger partial charge in [0.1, 0.15) is 11.5 Å². The van der Waals surface area contributed by atoms with Crippen LogP contribution in [0.15, 0.2) is 54.4 Å². The molecule has 0 aliphatic carbocycles. The lowest BCUT2D eigenvalue weighted by atomic mass is 9.96. The SMILES string of the molecule is CC(C)Oc1ccc(/C(O)=C2/C(=O)C(=O)N(CCCN(C)C)C2c2cccnc2)cc1. The summed E-state index contributed by atoms with van der Waals surface area (Å²) in [5.41, 5.74) is 1.23. The quantitative estimate of drug-likeness (QED) is 0.399. The second-order valence-electron chi connectivity index (χ2n) is 8.13. The van der Waals surface area contributed by atoms with E-state index < -0.39 is 17.7 Å². The van der Waals surface area contributed by atoms with Crippen molar-refractivity contribution >= 4 is 17.4 Å². The predicted molar refractivity (Wildman–Crippen MR) is 119 cm³/mol. The topological polar surface area (TPSA) is 83.0 Å². The van der Waals surface area contributed by atoms with Gasteiger partial charge in [-0.3, -0.25) is 14.6 Å². The number of carbonyl (C=O) groups excluding carboxylic acids is 2. The van der Waals surface area contributed by atoms with Crippen LogP contribution in [0.1, 0.15) is 37.4 Å². The average molecular weight is 424 g/mol. The smallest absolute Gasteiger partial charge is 0.295 e. The van der Waals surface area contributed by atoms with E-state index in [4.69, 9.17) is 4.74 Å². The van der Waals surface area contributed by atoms with Crippen LogP contribution in [0.4, 0.5) is 0 Å². The molecule has 2 aromatic rings. The zero-order chi connectivity index (χ0) is 22.5. The van der Waals surface area contributed by atoms with E-state index in [1.54, 1.807) is 42.7 Å². The van der Waals surface area contributed by atoms with Crippen molar-refractivity contribution in [3.05, 3.63) is 65.5 Å². The maximum absolute atomic E-state index is 13.0. The maximum Gasteiger partial charge on any atom is 0.295 e. The first-order valence-electron chi connectivity index (χ1n) is 10.4. The number of likely N-dealkylation sites (tertiary alicyclic amines) is 1. The molecule has 7 nitrogen and oxygen atoms in total. The molecule has 7 heteroatoms. The fourth-order valence-electron chi connectivity index (χ4n) is 3.67. The number of hydrogen-bond acceptors (Lipinski definition) is 6. The summed E-state index contributed by atoms with van der Waals surface area (Å²) in [4.78, 5) is 33.5. The summed E-state index contributed by atoms with van der Waals surface area (Å²) < 4.78 is 5.64. The molecule has 0 radical (unpaired) electrons. The number of amides is 1. The Morgan fingerprint density at radius 2 is 1.90 bits per heavy atom. The van der Waals surface area contributed by atoms with Gasteiger partial charge in [-0.05, 0) is 76.8 Å². The molecule has 1 amide bonds. The first-order valence-corrected chi connectivity index (χ1v) is 10.4. The zero-order valence-electron chi connectivity index (χ0n) is 18.4. The van der Waals surface area contributed by atoms with E-state index in [2.05, 4.69) is 4.98 Å². The number of carbonyl (C=O) groups is 2. The number of aliphatic hydroxyl groups is 1. The van der Waals surface area contributed by atoms with Crippen LogP contribution in [0, 0.1) is 0 Å². The van der Waals surface area contributed by atoms with Gasteiger partial charge in [0.2, 0.25) is 0 Å². The number of aliphatic hydroxyl groups excluding tert-OH is 1. The lowest BCUT2D eigenvalue weighted by molar-refractivity contribution is -0.139. The number of Topliss-reactive ketones (excluding diaryl/α,β-unsaturated/α-hetero) is 1. The number of hydrogen-bond donors (Lipinski definition) is 1. The Morgan fingerprint density at radius 1 is 1.19 bits per heavy atom. The zero-order valence-corrected chi connectivity index (χ0v) is 18.4. The summed E-state index contributed by atoms with van der Waals surface area (Å²) in [6.07, 6.45) is 3.99. The van der Waals surface area contributed by atoms with Gasteiger partial charge in [0, 0.05) is 24.5 Å². The summed E-state index contributed by atoms with van der Waals surface area (Å²) in [5, 5.41) is 11.1. The van der Waals surface area contributed by atoms with Crippen LogP contribution in [0.25, 0.3) is 5.76 Å². The number of benzene rings is 1. The van der Waals surface area contributed by atoms with E-state index in [1.807, 2.05) is 38.9 Å². The fourth-order valence-corrected chi connectivity index (χ4v) is 3.67. The van der Waals surface area contributed by atoms with Crippen LogP contribution >= 0.6 is 0 Å². The van der Waals surface area contributed by atoms with Gasteiger partial charge in [0.25, 0.3) is 11.7 Å². The first-order chi connectivity index (χ1) is 14.8. The summed E-state index contributed by atoms with van der Waals surface area (Å²) in [7, 11) is 3.92. The Kier molecular flexibility index (Phi) is 7.07. The van der Waals surface area contributed by atoms with Crippen LogP contribution in [0.5, 0.6) is 5.75 Å². The van der Waals surface area contributed by atoms with Gasteiger partial charge in [-0.2, -0.15) is 0 Å². The highest BCUT2D eigenvalue weighted by molar-refractivity contribution is 6.46. The third kappa shape index (κ3) is 5.11. The van der Waals surface area contributed by atoms with E-state index in [1.165, 1.54) is 4.90 Å². The normalized spacial score (nSPS) is 18.3. The molecule has 1 saturated heterocycles. The molecule has 1 unspecified atom stereocenters. The third-order valence-electron chi connectivity index (χ3n) is 5.04. The number of rotatable bonds is 8. The van der Waals surface area contributed by atoms with Crippen molar-refractivity contribution in [1.82, 2.24) is 14.8 Å². The Balaban J connectivity index is 2.01. The Labute approximate surface area is 183 Å². The van der Waals surface area contributed by atoms with Crippen molar-refractivity contribution in [2.24, 2.45) is 0 Å². The van der Waals surface area contributed by atoms with Gasteiger partial charge in [-0.15, -0.1) is 0 Å². The maximum atomic E-state index is 13.0. The van der Waals surface area contributed by atoms with E-state index >= 15 is 0 Å². The van der Waals surface area contributed by atoms with Crippen molar-refractivity contribution in [2.75, 3.05) is 27.2 Å². The molecule has 1 aliphatic rings. The summed E-state index contributed by atoms with van der Waals surface area (Å²) >= 11 is 0. The number of ether oxygens (including phenoxy) is 1. The highest BCUT2D eigenvalue weighted by Gasteiger charge is 2.45. The van der Waals surface area contributed by atoms with Crippen LogP contribution in [0.3, 0.4) is 0 Å². The summed E-state index contributed by atoms with van der Waals surface area (Å²) in [6, 6.07) is 9.74. The van der Waals surface area contributed by atoms with E-state index in [9.17, 15) is 14.7 Å². The monoisotopic (exact) mass is 423 g/mol. The number of nitrogens with zero attached hydrogens (tertiary/aromatic N) is 3. The fraction of sp³-hybridized carbons (Fsp3) is 0.375. The molecule has 0 spiro atoms. The van der Waals surface area contributed by atoms with Gasteiger partial charge < -0.3 is 19.6 Å². The van der Waals surface area contributed by atoms with E-state index in [0.717, 1.165) is 6.54 Å². The predicted octanol–water partition coefficient (Wildman–Crippen LogP) is 3.24. The van der Waals surface area contributed by atoms with Gasteiger partial charge in [-0.1, -0.05) is 6.07 Å². The molecular weight excluding hydrogens is 394 g/mol. The second kappa shape index (κ2) is 9.75. The first kappa shape index (κ1) is 22.5. The minimum Gasteiger partial charge on any atom is -0.507 e. The molecule has 1 aromatic heterocycles. The molecule has 164 valence electrons. The molecule has 1 N–H and O–H groups in total. The largest absolute Gasteiger partial charge is 0.507 e. The van der Waals surface area contributed by atoms with Crippen molar-refractivity contribution in [3.63, 3.8) is 0 Å². The molecular formula is C24H29N3O4. The molecule has 1 fully saturated rings. The Hall–Kier alpha value is -3.19. The van der Waals surface area contributed by atoms with Gasteiger partial charge in [0.15, 0.2) is 0 Å². The van der Waals surface area contributed by atoms with E-state index in [-0.39, 0.29) is 17.4 Å². The van der Waals surface area contributed by atoms with Gasteiger partial charge >= 0.3 is 0 Å². The second-order valence-corrected chi connectivity index (χ2v) is 8.13. The van der Waals surface area contributed by atoms with E-state index in [0.29, 0.717) is 29.8 Å².